The van der Waals surface area contributed by atoms with Crippen molar-refractivity contribution in [1.82, 2.24) is 19.5 Å². The number of fused-ring (bicyclic) bond motifs is 2. The first-order chi connectivity index (χ1) is 12.6. The molecule has 1 aliphatic heterocycles. The number of aromatic nitrogens is 3. The van der Waals surface area contributed by atoms with E-state index in [1.54, 1.807) is 12.1 Å². The van der Waals surface area contributed by atoms with Crippen LogP contribution in [0.1, 0.15) is 11.1 Å². The van der Waals surface area contributed by atoms with Gasteiger partial charge in [0.1, 0.15) is 6.20 Å². The normalized spacial score (nSPS) is 14.3. The number of anilines is 1. The van der Waals surface area contributed by atoms with E-state index in [9.17, 15) is 10.1 Å². The van der Waals surface area contributed by atoms with Gasteiger partial charge in [0.2, 0.25) is 5.65 Å². The summed E-state index contributed by atoms with van der Waals surface area (Å²) in [5.41, 5.74) is 2.97. The molecule has 26 heavy (non-hydrogen) atoms. The number of nitrogens with one attached hydrogen (secondary N) is 1. The number of halogens is 1. The molecule has 9 heteroatoms. The summed E-state index contributed by atoms with van der Waals surface area (Å²) in [5, 5.41) is 19.3. The largest absolute Gasteiger partial charge is 0.368 e. The van der Waals surface area contributed by atoms with Crippen molar-refractivity contribution in [2.75, 3.05) is 25.0 Å². The molecular formula is C17H17ClN6O2. The first-order valence-electron chi connectivity index (χ1n) is 8.33. The predicted octanol–water partition coefficient (Wildman–Crippen LogP) is 2.76. The zero-order valence-corrected chi connectivity index (χ0v) is 14.7. The van der Waals surface area contributed by atoms with E-state index in [4.69, 9.17) is 11.6 Å². The lowest BCUT2D eigenvalue weighted by Gasteiger charge is -2.29. The molecule has 0 atom stereocenters. The molecule has 1 aromatic carbocycles. The van der Waals surface area contributed by atoms with Crippen LogP contribution in [0.5, 0.6) is 0 Å². The lowest BCUT2D eigenvalue weighted by atomic mass is 10.00. The Kier molecular flexibility index (Phi) is 4.44. The summed E-state index contributed by atoms with van der Waals surface area (Å²) in [6.45, 7) is 3.36. The van der Waals surface area contributed by atoms with E-state index in [0.29, 0.717) is 18.0 Å². The Balaban J connectivity index is 1.38. The van der Waals surface area contributed by atoms with Gasteiger partial charge in [-0.05, 0) is 34.6 Å². The van der Waals surface area contributed by atoms with Gasteiger partial charge in [-0.25, -0.2) is 4.98 Å². The fraction of sp³-hybridized carbons (Fsp3) is 0.294. The number of imidazole rings is 1. The highest BCUT2D eigenvalue weighted by Crippen LogP contribution is 2.25. The summed E-state index contributed by atoms with van der Waals surface area (Å²) in [7, 11) is 0. The van der Waals surface area contributed by atoms with Gasteiger partial charge < -0.3 is 15.4 Å². The van der Waals surface area contributed by atoms with E-state index >= 15 is 0 Å². The van der Waals surface area contributed by atoms with E-state index in [-0.39, 0.29) is 5.82 Å². The molecule has 3 aromatic rings. The number of benzene rings is 1. The summed E-state index contributed by atoms with van der Waals surface area (Å²) >= 11 is 6.25. The van der Waals surface area contributed by atoms with Crippen LogP contribution >= 0.6 is 11.6 Å². The van der Waals surface area contributed by atoms with Crippen molar-refractivity contribution < 1.29 is 4.92 Å². The predicted molar refractivity (Wildman–Crippen MR) is 98.6 cm³/mol. The van der Waals surface area contributed by atoms with Crippen LogP contribution in [0.25, 0.3) is 5.65 Å². The molecule has 4 rings (SSSR count). The molecule has 134 valence electrons. The first kappa shape index (κ1) is 16.7. The average molecular weight is 373 g/mol. The Morgan fingerprint density at radius 3 is 3.04 bits per heavy atom. The second-order valence-electron chi connectivity index (χ2n) is 6.19. The fourth-order valence-corrected chi connectivity index (χ4v) is 3.52. The van der Waals surface area contributed by atoms with Crippen LogP contribution in [0.3, 0.4) is 0 Å². The molecular weight excluding hydrogens is 356 g/mol. The lowest BCUT2D eigenvalue weighted by Crippen LogP contribution is -2.34. The maximum Gasteiger partial charge on any atom is 0.368 e. The topological polar surface area (TPSA) is 88.6 Å². The van der Waals surface area contributed by atoms with Gasteiger partial charge in [-0.2, -0.15) is 0 Å². The number of nitro groups is 1. The lowest BCUT2D eigenvalue weighted by molar-refractivity contribution is -0.391. The van der Waals surface area contributed by atoms with Crippen molar-refractivity contribution in [3.63, 3.8) is 0 Å². The minimum absolute atomic E-state index is 0.145. The minimum atomic E-state index is -0.493. The zero-order valence-electron chi connectivity index (χ0n) is 13.9. The Labute approximate surface area is 154 Å². The Morgan fingerprint density at radius 1 is 1.31 bits per heavy atom. The standard InChI is InChI=1S/C17H17ClN6O2/c18-14-3-1-2-12-11-22(8-6-13(12)14)9-7-19-15-4-5-16-20-10-17(24(25)26)23(16)21-15/h1-5,10H,6-9,11H2,(H,19,21). The maximum absolute atomic E-state index is 11.0. The van der Waals surface area contributed by atoms with Gasteiger partial charge in [0.15, 0.2) is 5.82 Å². The minimum Gasteiger partial charge on any atom is -0.366 e. The third-order valence-electron chi connectivity index (χ3n) is 4.55. The van der Waals surface area contributed by atoms with E-state index in [1.165, 1.54) is 21.8 Å². The Morgan fingerprint density at radius 2 is 2.19 bits per heavy atom. The molecule has 0 spiro atoms. The van der Waals surface area contributed by atoms with Crippen molar-refractivity contribution in [2.24, 2.45) is 0 Å². The van der Waals surface area contributed by atoms with Crippen LogP contribution in [0.2, 0.25) is 5.02 Å². The van der Waals surface area contributed by atoms with E-state index in [2.05, 4.69) is 26.4 Å². The first-order valence-corrected chi connectivity index (χ1v) is 8.71. The van der Waals surface area contributed by atoms with E-state index in [1.807, 2.05) is 12.1 Å². The van der Waals surface area contributed by atoms with Crippen LogP contribution < -0.4 is 5.32 Å². The molecule has 1 aliphatic rings. The third kappa shape index (κ3) is 3.21. The number of rotatable bonds is 5. The summed E-state index contributed by atoms with van der Waals surface area (Å²) in [5.74, 6) is 0.437. The fourth-order valence-electron chi connectivity index (χ4n) is 3.23. The highest BCUT2D eigenvalue weighted by Gasteiger charge is 2.18. The van der Waals surface area contributed by atoms with Crippen LogP contribution in [0, 0.1) is 10.1 Å². The third-order valence-corrected chi connectivity index (χ3v) is 4.91. The number of hydrogen-bond donors (Lipinski definition) is 1. The van der Waals surface area contributed by atoms with Crippen molar-refractivity contribution >= 4 is 28.9 Å². The Bertz CT molecular complexity index is 973. The summed E-state index contributed by atoms with van der Waals surface area (Å²) in [6, 6.07) is 9.53. The average Bonchev–Trinajstić information content (AvgIpc) is 3.05. The molecule has 2 aromatic heterocycles. The molecule has 0 amide bonds. The monoisotopic (exact) mass is 372 g/mol. The van der Waals surface area contributed by atoms with Crippen LogP contribution in [-0.4, -0.2) is 44.1 Å². The highest BCUT2D eigenvalue weighted by molar-refractivity contribution is 6.31. The van der Waals surface area contributed by atoms with Crippen molar-refractivity contribution in [3.05, 3.63) is 62.8 Å². The van der Waals surface area contributed by atoms with Gasteiger partial charge in [-0.1, -0.05) is 33.3 Å². The molecule has 8 nitrogen and oxygen atoms in total. The highest BCUT2D eigenvalue weighted by atomic mass is 35.5. The van der Waals surface area contributed by atoms with Gasteiger partial charge >= 0.3 is 5.82 Å². The molecule has 0 saturated heterocycles. The summed E-state index contributed by atoms with van der Waals surface area (Å²) < 4.78 is 1.24. The zero-order chi connectivity index (χ0) is 18.1. The van der Waals surface area contributed by atoms with E-state index in [0.717, 1.165) is 31.1 Å². The molecule has 0 aliphatic carbocycles. The maximum atomic E-state index is 11.0. The second kappa shape index (κ2) is 6.89. The van der Waals surface area contributed by atoms with Gasteiger partial charge in [0, 0.05) is 37.3 Å². The van der Waals surface area contributed by atoms with Crippen molar-refractivity contribution in [3.8, 4) is 0 Å². The van der Waals surface area contributed by atoms with Crippen molar-refractivity contribution in [2.45, 2.75) is 13.0 Å². The quantitative estimate of drug-likeness (QED) is 0.547. The van der Waals surface area contributed by atoms with E-state index < -0.39 is 4.92 Å². The summed E-state index contributed by atoms with van der Waals surface area (Å²) in [4.78, 5) is 16.8. The molecule has 0 bridgehead atoms. The number of nitrogens with zero attached hydrogens (tertiary/aromatic N) is 5. The van der Waals surface area contributed by atoms with Gasteiger partial charge in [-0.15, -0.1) is 0 Å². The molecule has 3 heterocycles. The van der Waals surface area contributed by atoms with Crippen LogP contribution in [0.15, 0.2) is 36.5 Å². The van der Waals surface area contributed by atoms with Gasteiger partial charge in [0.25, 0.3) is 0 Å². The van der Waals surface area contributed by atoms with Crippen LogP contribution in [0.4, 0.5) is 11.6 Å². The smallest absolute Gasteiger partial charge is 0.366 e. The molecule has 1 N–H and O–H groups in total. The molecule has 0 saturated carbocycles. The van der Waals surface area contributed by atoms with Gasteiger partial charge in [0.05, 0.1) is 0 Å². The SMILES string of the molecule is O=[N+]([O-])c1cnc2ccc(NCCN3CCc4c(Cl)cccc4C3)nn12. The molecule has 0 fully saturated rings. The molecule has 0 radical (unpaired) electrons. The Hall–Kier alpha value is -2.71. The summed E-state index contributed by atoms with van der Waals surface area (Å²) in [6.07, 6.45) is 2.16. The van der Waals surface area contributed by atoms with Gasteiger partial charge in [-0.3, -0.25) is 4.90 Å². The second-order valence-corrected chi connectivity index (χ2v) is 6.60. The molecule has 0 unspecified atom stereocenters. The van der Waals surface area contributed by atoms with Crippen molar-refractivity contribution in [1.29, 1.82) is 0 Å². The number of hydrogen-bond acceptors (Lipinski definition) is 6. The van der Waals surface area contributed by atoms with Crippen LogP contribution in [-0.2, 0) is 13.0 Å².